The van der Waals surface area contributed by atoms with Gasteiger partial charge in [-0.2, -0.15) is 23.5 Å². The van der Waals surface area contributed by atoms with Crippen molar-refractivity contribution in [3.05, 3.63) is 0 Å². The summed E-state index contributed by atoms with van der Waals surface area (Å²) < 4.78 is 0. The van der Waals surface area contributed by atoms with Crippen LogP contribution in [0.5, 0.6) is 0 Å². The molecule has 0 aliphatic heterocycles. The molecular formula is C63H183B8S4. The third-order valence-electron chi connectivity index (χ3n) is 1.19. The Morgan fingerprint density at radius 2 is 0.267 bits per heavy atom. The number of hydrogen-bond donors (Lipinski definition) is 0. The molecule has 0 nitrogen and oxygen atoms in total. The summed E-state index contributed by atoms with van der Waals surface area (Å²) in [6, 6.07) is 0. The summed E-state index contributed by atoms with van der Waals surface area (Å²) in [5.41, 5.74) is 0. The Labute approximate surface area is 530 Å². The molecule has 13 radical (unpaired) electrons. The second-order valence-corrected chi connectivity index (χ2v) is 9.43. The molecular weight excluding hydrogens is 971 g/mol. The number of rotatable bonds is 7. The molecule has 0 N–H and O–H groups in total. The highest BCUT2D eigenvalue weighted by Gasteiger charge is 2.06. The van der Waals surface area contributed by atoms with Gasteiger partial charge < -0.3 is 0 Å². The molecule has 0 spiro atoms. The van der Waals surface area contributed by atoms with Crippen molar-refractivity contribution in [2.45, 2.75) is 404 Å². The average Bonchev–Trinajstić information content (AvgIpc) is 3.58. The minimum atomic E-state index is 0.786. The summed E-state index contributed by atoms with van der Waals surface area (Å²) in [4.78, 5) is 0. The zero-order valence-electron chi connectivity index (χ0n) is 67.8. The third-order valence-corrected chi connectivity index (χ3v) is 6.68. The molecule has 0 rings (SSSR count). The van der Waals surface area contributed by atoms with Crippen molar-refractivity contribution >= 4 is 106 Å². The predicted octanol–water partition coefficient (Wildman–Crippen LogP) is 29.8. The van der Waals surface area contributed by atoms with Crippen LogP contribution in [-0.2, 0) is 0 Å². The lowest BCUT2D eigenvalue weighted by atomic mass is 9.88. The van der Waals surface area contributed by atoms with Crippen LogP contribution >= 0.6 is 45.1 Å². The van der Waals surface area contributed by atoms with Crippen LogP contribution < -0.4 is 0 Å². The molecule has 0 amide bonds. The minimum Gasteiger partial charge on any atom is -0.164 e. The molecule has 0 bridgehead atoms. The van der Waals surface area contributed by atoms with E-state index >= 15 is 0 Å². The van der Waals surface area contributed by atoms with Gasteiger partial charge in [0.25, 0.3) is 0 Å². The van der Waals surface area contributed by atoms with E-state index in [-0.39, 0.29) is 0 Å². The molecule has 0 aromatic heterocycles. The van der Waals surface area contributed by atoms with Crippen molar-refractivity contribution in [3.8, 4) is 0 Å². The Kier molecular flexibility index (Phi) is 4170. The largest absolute Gasteiger partial charge is 0.164 e. The van der Waals surface area contributed by atoms with E-state index in [0.29, 0.717) is 0 Å². The Morgan fingerprint density at radius 3 is 0.307 bits per heavy atom. The van der Waals surface area contributed by atoms with E-state index < -0.39 is 0 Å². The van der Waals surface area contributed by atoms with Gasteiger partial charge in [-0.1, -0.05) is 415 Å². The summed E-state index contributed by atoms with van der Waals surface area (Å²) in [6.07, 6.45) is 4.35. The minimum absolute atomic E-state index is 0.786. The second kappa shape index (κ2) is 1490. The Hall–Kier alpha value is 1.92. The molecule has 0 aliphatic rings. The maximum Gasteiger partial charge on any atom is 0.102 e. The van der Waals surface area contributed by atoms with Gasteiger partial charge in [-0.25, -0.2) is 0 Å². The fraction of sp³-hybridized carbons (Fsp3) is 1.00. The van der Waals surface area contributed by atoms with E-state index in [4.69, 9.17) is 0 Å². The molecule has 483 valence electrons. The van der Waals surface area contributed by atoms with Crippen LogP contribution in [0.3, 0.4) is 0 Å². The van der Waals surface area contributed by atoms with Gasteiger partial charge >= 0.3 is 0 Å². The first-order valence-electron chi connectivity index (χ1n) is 32.4. The van der Waals surface area contributed by atoms with Gasteiger partial charge in [-0.15, -0.1) is 0 Å². The standard InChI is InChI=1S/C8H18S4.3C2H6B.22C2H6.5CH3B/c1-7(5-9-3)11-12-8(2)6-10-4;3*1-3-2;27*1-2/h7-8H,5-6H2,1-4H3;3*1-2H3;22*1-2H3;5*1H3/t7-,8+;;;;;;;;;;;;;;;;;;;;;;;;;;;;;;. The van der Waals surface area contributed by atoms with E-state index in [1.165, 1.54) is 45.6 Å². The van der Waals surface area contributed by atoms with Crippen molar-refractivity contribution in [2.24, 2.45) is 0 Å². The molecule has 0 aromatic rings. The lowest BCUT2D eigenvalue weighted by Gasteiger charge is -2.12. The van der Waals surface area contributed by atoms with Crippen molar-refractivity contribution in [1.29, 1.82) is 0 Å². The zero-order valence-corrected chi connectivity index (χ0v) is 71.1. The first kappa shape index (κ1) is 210. The maximum absolute atomic E-state index is 4.50. The lowest BCUT2D eigenvalue weighted by molar-refractivity contribution is 1.13. The Balaban J connectivity index is -0.00000000953. The third kappa shape index (κ3) is 2490. The normalized spacial score (nSPS) is 5.21. The second-order valence-electron chi connectivity index (χ2n) is 4.46. The van der Waals surface area contributed by atoms with Gasteiger partial charge in [0.05, 0.1) is 39.2 Å². The molecule has 0 aromatic carbocycles. The number of hydrogen-bond acceptors (Lipinski definition) is 4. The first-order chi connectivity index (χ1) is 36.9. The highest BCUT2D eigenvalue weighted by molar-refractivity contribution is 8.77. The molecule has 0 unspecified atom stereocenters. The molecule has 0 aliphatic carbocycles. The summed E-state index contributed by atoms with van der Waals surface area (Å²) in [5, 5.41) is 1.57. The molecule has 0 fully saturated rings. The lowest BCUT2D eigenvalue weighted by Crippen LogP contribution is -2.01. The fourth-order valence-corrected chi connectivity index (χ4v) is 5.43. The van der Waals surface area contributed by atoms with Crippen LogP contribution in [0.1, 0.15) is 318 Å². The van der Waals surface area contributed by atoms with Gasteiger partial charge in [0.2, 0.25) is 0 Å². The van der Waals surface area contributed by atoms with E-state index in [2.05, 4.69) is 65.6 Å². The van der Waals surface area contributed by atoms with E-state index in [9.17, 15) is 0 Å². The van der Waals surface area contributed by atoms with Crippen LogP contribution in [0.2, 0.25) is 75.1 Å². The maximum atomic E-state index is 4.50. The van der Waals surface area contributed by atoms with Crippen molar-refractivity contribution in [3.63, 3.8) is 0 Å². The number of thioether (sulfide) groups is 2. The predicted molar refractivity (Wildman–Crippen MR) is 431 cm³/mol. The quantitative estimate of drug-likeness (QED) is 0.184. The summed E-state index contributed by atoms with van der Waals surface area (Å²) >= 11 is 3.87. The van der Waals surface area contributed by atoms with Gasteiger partial charge in [0, 0.05) is 22.0 Å². The highest BCUT2D eigenvalue weighted by atomic mass is 33.1. The Morgan fingerprint density at radius 1 is 0.213 bits per heavy atom. The van der Waals surface area contributed by atoms with Gasteiger partial charge in [0.15, 0.2) is 0 Å². The van der Waals surface area contributed by atoms with Crippen molar-refractivity contribution in [2.75, 3.05) is 24.0 Å². The fourth-order valence-electron chi connectivity index (χ4n) is 0.715. The SMILES string of the molecule is CC.CC.CC.CC.CC.CC.CC.CC.CC.CC.CC.CC.CC.CC.CC.CC.CC.CC.CC.CC.CC.CC.CSC[C@@H](C)SS[C@@H](C)CSC.C[B]C.C[B]C.C[B]C.[B]C.[B]C.[B]C.[B]C.[B]C. The van der Waals surface area contributed by atoms with Gasteiger partial charge in [0.1, 0.15) is 21.8 Å². The van der Waals surface area contributed by atoms with Crippen LogP contribution in [0.15, 0.2) is 0 Å². The van der Waals surface area contributed by atoms with Crippen molar-refractivity contribution in [1.82, 2.24) is 0 Å². The molecule has 0 saturated heterocycles. The first-order valence-corrected chi connectivity index (χ1v) is 37.4. The summed E-state index contributed by atoms with van der Waals surface area (Å²) in [6.45, 7) is 112. The van der Waals surface area contributed by atoms with E-state index in [0.717, 1.165) is 10.5 Å². The smallest absolute Gasteiger partial charge is 0.102 e. The molecule has 2 atom stereocenters. The van der Waals surface area contributed by atoms with Crippen molar-refractivity contribution < 1.29 is 0 Å². The molecule has 12 heteroatoms. The summed E-state index contributed by atoms with van der Waals surface area (Å²) in [5.74, 6) is 2.54. The molecule has 75 heavy (non-hydrogen) atoms. The van der Waals surface area contributed by atoms with Crippen LogP contribution in [0.4, 0.5) is 0 Å². The molecule has 0 saturated carbocycles. The van der Waals surface area contributed by atoms with Crippen LogP contribution in [-0.4, -0.2) is 95.6 Å². The summed E-state index contributed by atoms with van der Waals surface area (Å²) in [7, 11) is 32.6. The topological polar surface area (TPSA) is 0 Å². The Bertz CT molecular complexity index is 159. The van der Waals surface area contributed by atoms with Gasteiger partial charge in [-0.3, -0.25) is 0 Å². The van der Waals surface area contributed by atoms with Gasteiger partial charge in [-0.05, 0) is 12.5 Å². The molecule has 0 heterocycles. The monoisotopic (exact) mass is 1160 g/mol. The zero-order chi connectivity index (χ0) is 71.5. The van der Waals surface area contributed by atoms with E-state index in [1.807, 2.05) is 413 Å². The van der Waals surface area contributed by atoms with Crippen LogP contribution in [0.25, 0.3) is 0 Å². The average molecular weight is 1160 g/mol. The van der Waals surface area contributed by atoms with E-state index in [1.54, 1.807) is 0 Å². The highest BCUT2D eigenvalue weighted by Crippen LogP contribution is 2.33. The van der Waals surface area contributed by atoms with Crippen LogP contribution in [0, 0.1) is 0 Å².